The highest BCUT2D eigenvalue weighted by Gasteiger charge is 2.22. The van der Waals surface area contributed by atoms with Crippen molar-refractivity contribution in [3.05, 3.63) is 101 Å². The Hall–Kier alpha value is -5.25. The third kappa shape index (κ3) is 3.30. The summed E-state index contributed by atoms with van der Waals surface area (Å²) in [6, 6.07) is 19.1. The summed E-state index contributed by atoms with van der Waals surface area (Å²) < 4.78 is 3.31. The molecule has 3 N–H and O–H groups in total. The van der Waals surface area contributed by atoms with Crippen LogP contribution in [-0.2, 0) is 0 Å². The number of rotatable bonds is 5. The zero-order valence-electron chi connectivity index (χ0n) is 20.7. The second kappa shape index (κ2) is 8.41. The van der Waals surface area contributed by atoms with Gasteiger partial charge in [-0.15, -0.1) is 0 Å². The summed E-state index contributed by atoms with van der Waals surface area (Å²) in [4.78, 5) is 26.0. The number of H-pyrrole nitrogens is 2. The molecule has 0 aliphatic carbocycles. The lowest BCUT2D eigenvalue weighted by Crippen LogP contribution is -2.29. The zero-order chi connectivity index (χ0) is 25.8. The Kier molecular flexibility index (Phi) is 4.87. The number of benzene rings is 2. The molecule has 0 spiro atoms. The maximum Gasteiger partial charge on any atom is 0.282 e. The van der Waals surface area contributed by atoms with Crippen LogP contribution in [-0.4, -0.2) is 39.3 Å². The Morgan fingerprint density at radius 2 is 1.82 bits per heavy atom. The van der Waals surface area contributed by atoms with E-state index in [2.05, 4.69) is 30.5 Å². The SMILES string of the molecule is Cc1ccn2nc(C(C)Nc3ncnc4[nH]cc(-c5n[nH]c6ccccc56)c34)n(-c3ccccc3)c(=O)c12. The van der Waals surface area contributed by atoms with Gasteiger partial charge in [0, 0.05) is 23.3 Å². The number of hydrogen-bond acceptors (Lipinski definition) is 6. The first-order chi connectivity index (χ1) is 18.6. The second-order valence-corrected chi connectivity index (χ2v) is 9.26. The number of fused-ring (bicyclic) bond motifs is 3. The standard InChI is InChI=1S/C28H23N9O/c1-16-12-13-36-24(16)28(38)37(18-8-4-3-5-9-18)27(35-36)17(2)32-26-22-20(14-29-25(22)30-15-31-26)23-19-10-6-7-11-21(19)33-34-23/h3-15,17H,1-2H3,(H,33,34)(H2,29,30,31,32). The molecular formula is C28H23N9O. The second-order valence-electron chi connectivity index (χ2n) is 9.26. The minimum absolute atomic E-state index is 0.129. The molecule has 7 aromatic rings. The van der Waals surface area contributed by atoms with Gasteiger partial charge in [-0.25, -0.2) is 14.5 Å². The maximum atomic E-state index is 13.7. The molecule has 10 heteroatoms. The molecule has 10 nitrogen and oxygen atoms in total. The molecule has 0 fully saturated rings. The molecule has 0 aliphatic rings. The van der Waals surface area contributed by atoms with Gasteiger partial charge in [0.2, 0.25) is 0 Å². The van der Waals surface area contributed by atoms with Crippen LogP contribution >= 0.6 is 0 Å². The largest absolute Gasteiger partial charge is 0.360 e. The maximum absolute atomic E-state index is 13.7. The van der Waals surface area contributed by atoms with Gasteiger partial charge in [0.05, 0.1) is 22.6 Å². The Morgan fingerprint density at radius 3 is 2.68 bits per heavy atom. The summed E-state index contributed by atoms with van der Waals surface area (Å²) in [5.74, 6) is 1.17. The Balaban J connectivity index is 1.38. The molecule has 0 saturated heterocycles. The van der Waals surface area contributed by atoms with Crippen molar-refractivity contribution in [2.24, 2.45) is 0 Å². The number of nitrogens with one attached hydrogen (secondary N) is 3. The van der Waals surface area contributed by atoms with Crippen molar-refractivity contribution in [2.45, 2.75) is 19.9 Å². The summed E-state index contributed by atoms with van der Waals surface area (Å²) in [5.41, 5.74) is 5.35. The molecule has 0 radical (unpaired) electrons. The van der Waals surface area contributed by atoms with Gasteiger partial charge in [-0.05, 0) is 43.7 Å². The predicted octanol–water partition coefficient (Wildman–Crippen LogP) is 4.78. The van der Waals surface area contributed by atoms with E-state index in [9.17, 15) is 4.79 Å². The smallest absolute Gasteiger partial charge is 0.282 e. The van der Waals surface area contributed by atoms with Crippen molar-refractivity contribution < 1.29 is 0 Å². The van der Waals surface area contributed by atoms with Gasteiger partial charge < -0.3 is 10.3 Å². The Labute approximate surface area is 216 Å². The number of anilines is 1. The quantitative estimate of drug-likeness (QED) is 0.312. The molecule has 1 atom stereocenters. The van der Waals surface area contributed by atoms with Gasteiger partial charge in [-0.1, -0.05) is 36.4 Å². The van der Waals surface area contributed by atoms with Crippen LogP contribution < -0.4 is 10.9 Å². The predicted molar refractivity (Wildman–Crippen MR) is 147 cm³/mol. The number of para-hydroxylation sites is 2. The number of nitrogens with zero attached hydrogens (tertiary/aromatic N) is 6. The lowest BCUT2D eigenvalue weighted by molar-refractivity contribution is 0.673. The molecule has 7 rings (SSSR count). The fourth-order valence-corrected chi connectivity index (χ4v) is 5.04. The molecule has 5 heterocycles. The van der Waals surface area contributed by atoms with Crippen LogP contribution in [0.4, 0.5) is 5.82 Å². The normalized spacial score (nSPS) is 12.5. The summed E-state index contributed by atoms with van der Waals surface area (Å²) in [7, 11) is 0. The van der Waals surface area contributed by atoms with Crippen molar-refractivity contribution >= 4 is 33.3 Å². The van der Waals surface area contributed by atoms with Crippen LogP contribution in [0.25, 0.3) is 44.4 Å². The topological polar surface area (TPSA) is 122 Å². The molecule has 5 aromatic heterocycles. The first-order valence-electron chi connectivity index (χ1n) is 12.3. The van der Waals surface area contributed by atoms with Crippen LogP contribution in [0.15, 0.2) is 84.2 Å². The fourth-order valence-electron chi connectivity index (χ4n) is 5.04. The summed E-state index contributed by atoms with van der Waals surface area (Å²) in [6.45, 7) is 3.88. The molecule has 0 amide bonds. The average Bonchev–Trinajstić information content (AvgIpc) is 3.66. The van der Waals surface area contributed by atoms with Crippen molar-refractivity contribution in [2.75, 3.05) is 5.32 Å². The molecule has 186 valence electrons. The average molecular weight is 502 g/mol. The van der Waals surface area contributed by atoms with Crippen LogP contribution in [0.3, 0.4) is 0 Å². The number of hydrogen-bond donors (Lipinski definition) is 3. The highest BCUT2D eigenvalue weighted by Crippen LogP contribution is 2.35. The minimum Gasteiger partial charge on any atom is -0.360 e. The molecule has 0 bridgehead atoms. The van der Waals surface area contributed by atoms with Gasteiger partial charge in [-0.2, -0.15) is 10.2 Å². The van der Waals surface area contributed by atoms with Crippen molar-refractivity contribution in [1.29, 1.82) is 0 Å². The first-order valence-corrected chi connectivity index (χ1v) is 12.3. The third-order valence-corrected chi connectivity index (χ3v) is 6.86. The van der Waals surface area contributed by atoms with E-state index in [0.717, 1.165) is 38.8 Å². The third-order valence-electron chi connectivity index (χ3n) is 6.86. The zero-order valence-corrected chi connectivity index (χ0v) is 20.7. The van der Waals surface area contributed by atoms with E-state index >= 15 is 0 Å². The van der Waals surface area contributed by atoms with Crippen molar-refractivity contribution in [3.8, 4) is 16.9 Å². The fraction of sp³-hybridized carbons (Fsp3) is 0.107. The number of aromatic amines is 2. The Morgan fingerprint density at radius 1 is 1.00 bits per heavy atom. The number of aryl methyl sites for hydroxylation is 1. The summed E-state index contributed by atoms with van der Waals surface area (Å²) in [6.07, 6.45) is 5.22. The Bertz CT molecular complexity index is 2010. The molecule has 2 aromatic carbocycles. The summed E-state index contributed by atoms with van der Waals surface area (Å²) in [5, 5.41) is 17.9. The van der Waals surface area contributed by atoms with E-state index in [-0.39, 0.29) is 11.6 Å². The van der Waals surface area contributed by atoms with Gasteiger partial charge in [0.25, 0.3) is 5.56 Å². The van der Waals surface area contributed by atoms with Crippen LogP contribution in [0, 0.1) is 6.92 Å². The summed E-state index contributed by atoms with van der Waals surface area (Å²) >= 11 is 0. The lowest BCUT2D eigenvalue weighted by Gasteiger charge is -2.20. The van der Waals surface area contributed by atoms with Crippen LogP contribution in [0.1, 0.15) is 24.4 Å². The van der Waals surface area contributed by atoms with Gasteiger partial charge in [-0.3, -0.25) is 14.5 Å². The van der Waals surface area contributed by atoms with E-state index < -0.39 is 0 Å². The lowest BCUT2D eigenvalue weighted by atomic mass is 10.1. The van der Waals surface area contributed by atoms with E-state index in [0.29, 0.717) is 22.8 Å². The molecule has 0 saturated carbocycles. The molecule has 0 aliphatic heterocycles. The highest BCUT2D eigenvalue weighted by molar-refractivity contribution is 6.06. The molecular weight excluding hydrogens is 478 g/mol. The monoisotopic (exact) mass is 501 g/mol. The van der Waals surface area contributed by atoms with Crippen LogP contribution in [0.5, 0.6) is 0 Å². The molecule has 1 unspecified atom stereocenters. The van der Waals surface area contributed by atoms with Crippen molar-refractivity contribution in [3.63, 3.8) is 0 Å². The van der Waals surface area contributed by atoms with Gasteiger partial charge in [0.1, 0.15) is 29.0 Å². The van der Waals surface area contributed by atoms with E-state index in [4.69, 9.17) is 5.10 Å². The minimum atomic E-state index is -0.383. The molecule has 38 heavy (non-hydrogen) atoms. The highest BCUT2D eigenvalue weighted by atomic mass is 16.1. The van der Waals surface area contributed by atoms with Crippen LogP contribution in [0.2, 0.25) is 0 Å². The number of aromatic nitrogens is 8. The van der Waals surface area contributed by atoms with E-state index in [1.54, 1.807) is 9.08 Å². The van der Waals surface area contributed by atoms with E-state index in [1.807, 2.05) is 86.9 Å². The van der Waals surface area contributed by atoms with Gasteiger partial charge >= 0.3 is 0 Å². The first kappa shape index (κ1) is 22.0. The van der Waals surface area contributed by atoms with Crippen molar-refractivity contribution in [1.82, 2.24) is 39.3 Å². The van der Waals surface area contributed by atoms with Gasteiger partial charge in [0.15, 0.2) is 5.82 Å². The van der Waals surface area contributed by atoms with E-state index in [1.165, 1.54) is 6.33 Å².